The molecule has 3 heterocycles. The minimum atomic E-state index is -5.15. The number of carbonyl (C=O) groups excluding carboxylic acids is 3. The molecular weight excluding hydrogens is 1240 g/mol. The summed E-state index contributed by atoms with van der Waals surface area (Å²) in [7, 11) is 3.57. The Morgan fingerprint density at radius 3 is 2.04 bits per heavy atom. The Labute approximate surface area is 550 Å². The quantitative estimate of drug-likeness (QED) is 0.0351. The van der Waals surface area contributed by atoms with Crippen LogP contribution in [0.15, 0.2) is 146 Å². The number of halogens is 7. The zero-order valence-electron chi connectivity index (χ0n) is 53.7. The van der Waals surface area contributed by atoms with E-state index in [1.54, 1.807) is 16.8 Å². The Hall–Kier alpha value is -7.89. The number of carbonyl (C=O) groups is 4. The number of carboxylic acid groups (broad SMARTS) is 1. The van der Waals surface area contributed by atoms with Gasteiger partial charge in [-0.25, -0.2) is 9.18 Å². The van der Waals surface area contributed by atoms with Gasteiger partial charge in [-0.2, -0.15) is 26.3 Å². The van der Waals surface area contributed by atoms with Crippen LogP contribution >= 0.6 is 0 Å². The highest BCUT2D eigenvalue weighted by molar-refractivity contribution is 5.95. The number of likely N-dealkylation sites (N-methyl/N-ethyl adjacent to an activating group) is 2. The van der Waals surface area contributed by atoms with Gasteiger partial charge in [-0.15, -0.1) is 0 Å². The van der Waals surface area contributed by atoms with Gasteiger partial charge in [-0.05, 0) is 154 Å². The van der Waals surface area contributed by atoms with Crippen molar-refractivity contribution >= 4 is 35.2 Å². The number of hydrogen-bond donors (Lipinski definition) is 3. The van der Waals surface area contributed by atoms with Gasteiger partial charge >= 0.3 is 18.4 Å². The average Bonchev–Trinajstić information content (AvgIpc) is 1.61. The summed E-state index contributed by atoms with van der Waals surface area (Å²) >= 11 is 0. The number of unbranched alkanes of at least 4 members (excludes halogenated alkanes) is 2. The predicted molar refractivity (Wildman–Crippen MR) is 348 cm³/mol. The lowest BCUT2D eigenvalue weighted by molar-refractivity contribution is -0.143. The van der Waals surface area contributed by atoms with Crippen LogP contribution in [-0.2, 0) is 48.9 Å². The fraction of sp³-hybridized carbons (Fsp3) is 0.452. The Balaban J connectivity index is 0.617. The van der Waals surface area contributed by atoms with Crippen LogP contribution in [0.25, 0.3) is 11.1 Å². The number of anilines is 2. The van der Waals surface area contributed by atoms with Crippen molar-refractivity contribution in [3.63, 3.8) is 0 Å². The number of alkyl halides is 6. The highest BCUT2D eigenvalue weighted by Crippen LogP contribution is 2.49. The van der Waals surface area contributed by atoms with Gasteiger partial charge in [-0.3, -0.25) is 19.3 Å². The summed E-state index contributed by atoms with van der Waals surface area (Å²) in [5, 5.41) is 24.9. The van der Waals surface area contributed by atoms with Gasteiger partial charge in [0.05, 0.1) is 35.6 Å². The SMILES string of the molecule is CN(CCN1CCC(N(C(=O)O)c2ccccc2-c2ccccc2)CC1)C(=O)CCCCCNc1ccc(C(O)CCCN(C)C(=O)CO[C@H]2Cc3ccccc3C23CCN(CC[C@@]2(c4ccc(F)cc4)CN(C(=O)c4cc(C(F)(F)F)cc(C(F)(F)F)c4)CO2)CC3)cc1. The van der Waals surface area contributed by atoms with Crippen LogP contribution in [0.5, 0.6) is 0 Å². The molecule has 0 aromatic heterocycles. The van der Waals surface area contributed by atoms with Gasteiger partial charge in [0.25, 0.3) is 5.91 Å². The van der Waals surface area contributed by atoms with E-state index in [1.165, 1.54) is 34.7 Å². The van der Waals surface area contributed by atoms with Crippen molar-refractivity contribution in [2.45, 2.75) is 119 Å². The van der Waals surface area contributed by atoms with Crippen molar-refractivity contribution in [2.24, 2.45) is 0 Å². The molecule has 1 spiro atoms. The Morgan fingerprint density at radius 1 is 0.716 bits per heavy atom. The van der Waals surface area contributed by atoms with Crippen LogP contribution in [0.4, 0.5) is 46.9 Å². The van der Waals surface area contributed by atoms with E-state index in [1.807, 2.05) is 98.0 Å². The first kappa shape index (κ1) is 69.9. The van der Waals surface area contributed by atoms with Crippen LogP contribution in [0.2, 0.25) is 0 Å². The zero-order chi connectivity index (χ0) is 67.5. The minimum Gasteiger partial charge on any atom is -0.465 e. The van der Waals surface area contributed by atoms with Gasteiger partial charge in [0.1, 0.15) is 24.8 Å². The van der Waals surface area contributed by atoms with Crippen LogP contribution in [0, 0.1) is 5.82 Å². The average molecular weight is 1320 g/mol. The highest BCUT2D eigenvalue weighted by atomic mass is 19.4. The number of benzene rings is 6. The molecule has 3 atom stereocenters. The maximum Gasteiger partial charge on any atom is 0.416 e. The summed E-state index contributed by atoms with van der Waals surface area (Å²) < 4.78 is 110. The van der Waals surface area contributed by atoms with E-state index < -0.39 is 70.7 Å². The van der Waals surface area contributed by atoms with E-state index in [0.29, 0.717) is 107 Å². The van der Waals surface area contributed by atoms with Crippen molar-refractivity contribution in [3.8, 4) is 11.1 Å². The summed E-state index contributed by atoms with van der Waals surface area (Å²) in [4.78, 5) is 63.6. The first-order valence-electron chi connectivity index (χ1n) is 32.8. The van der Waals surface area contributed by atoms with Gasteiger partial charge in [0.15, 0.2) is 0 Å². The first-order chi connectivity index (χ1) is 45.5. The molecule has 15 nitrogen and oxygen atoms in total. The molecule has 6 aromatic rings. The van der Waals surface area contributed by atoms with E-state index in [9.17, 15) is 60.1 Å². The lowest BCUT2D eigenvalue weighted by Gasteiger charge is -2.44. The highest BCUT2D eigenvalue weighted by Gasteiger charge is 2.50. The van der Waals surface area contributed by atoms with Gasteiger partial charge in [-0.1, -0.05) is 103 Å². The molecule has 10 rings (SSSR count). The molecule has 3 fully saturated rings. The van der Waals surface area contributed by atoms with E-state index in [-0.39, 0.29) is 49.6 Å². The molecule has 0 radical (unpaired) electrons. The standard InChI is InChI=1S/C73H84F7N7O8/c1-82(36-13-20-64(88)52-22-28-59(29-23-52)81-35-12-4-7-21-66(89)83(2)42-43-84-37-30-60(31-38-84)87(69(92)93)63-19-11-9-17-61(63)51-14-5-3-6-15-51)67(90)48-94-65-46-53-16-8-10-18-62(53)70(65)32-39-85(40-33-70)41-34-71(55-24-26-58(74)27-25-55)49-86(50-95-71)68(91)54-44-56(72(75,76)77)47-57(45-54)73(78,79)80/h3,5-6,8-11,14-19,22-29,44-45,47,60,64-65,81,88H,4,7,12-13,20-21,30-43,46,48-50H2,1-2H3,(H,92,93)/t64?,65-,71-/m0/s1. The van der Waals surface area contributed by atoms with Crippen LogP contribution in [0.3, 0.4) is 0 Å². The molecule has 3 saturated heterocycles. The summed E-state index contributed by atoms with van der Waals surface area (Å²) in [5.74, 6) is -1.68. The Bertz CT molecular complexity index is 3530. The maximum absolute atomic E-state index is 14.2. The molecule has 22 heteroatoms. The number of rotatable bonds is 26. The Morgan fingerprint density at radius 2 is 1.36 bits per heavy atom. The number of hydrogen-bond acceptors (Lipinski definition) is 10. The number of piperidine rings is 2. The lowest BCUT2D eigenvalue weighted by Crippen LogP contribution is -2.50. The largest absolute Gasteiger partial charge is 0.465 e. The van der Waals surface area contributed by atoms with Crippen LogP contribution in [-0.4, -0.2) is 164 Å². The molecule has 4 aliphatic rings. The van der Waals surface area contributed by atoms with E-state index in [2.05, 4.69) is 27.2 Å². The molecule has 4 amide bonds. The van der Waals surface area contributed by atoms with Crippen molar-refractivity contribution < 1.29 is 69.6 Å². The molecular formula is C73H84F7N7O8. The number of ether oxygens (including phenoxy) is 2. The normalized spacial score (nSPS) is 18.8. The third kappa shape index (κ3) is 17.2. The number of likely N-dealkylation sites (tertiary alicyclic amines) is 2. The fourth-order valence-corrected chi connectivity index (χ4v) is 14.0. The van der Waals surface area contributed by atoms with Crippen molar-refractivity contribution in [1.29, 1.82) is 0 Å². The van der Waals surface area contributed by atoms with Crippen molar-refractivity contribution in [3.05, 3.63) is 190 Å². The molecule has 0 saturated carbocycles. The molecule has 508 valence electrons. The summed E-state index contributed by atoms with van der Waals surface area (Å²) in [6.07, 6.45) is -4.63. The number of nitrogens with zero attached hydrogens (tertiary/aromatic N) is 6. The van der Waals surface area contributed by atoms with Crippen LogP contribution < -0.4 is 10.2 Å². The number of fused-ring (bicyclic) bond motifs is 2. The van der Waals surface area contributed by atoms with Gasteiger partial charge in [0.2, 0.25) is 11.8 Å². The summed E-state index contributed by atoms with van der Waals surface area (Å²) in [5.41, 5.74) is 1.39. The smallest absolute Gasteiger partial charge is 0.416 e. The predicted octanol–water partition coefficient (Wildman–Crippen LogP) is 13.3. The summed E-state index contributed by atoms with van der Waals surface area (Å²) in [6, 6.07) is 39.4. The van der Waals surface area contributed by atoms with Gasteiger partial charge in [0, 0.05) is 94.6 Å². The van der Waals surface area contributed by atoms with Crippen molar-refractivity contribution in [1.82, 2.24) is 24.5 Å². The van der Waals surface area contributed by atoms with E-state index >= 15 is 0 Å². The Kier molecular flexibility index (Phi) is 22.7. The third-order valence-corrected chi connectivity index (χ3v) is 19.6. The van der Waals surface area contributed by atoms with E-state index in [0.717, 1.165) is 78.3 Å². The van der Waals surface area contributed by atoms with E-state index in [4.69, 9.17) is 9.47 Å². The minimum absolute atomic E-state index is 0.0277. The lowest BCUT2D eigenvalue weighted by atomic mass is 9.72. The zero-order valence-corrected chi connectivity index (χ0v) is 53.7. The molecule has 6 aromatic carbocycles. The second-order valence-electron chi connectivity index (χ2n) is 25.7. The molecule has 0 bridgehead atoms. The molecule has 3 N–H and O–H groups in total. The number of nitrogens with one attached hydrogen (secondary N) is 1. The third-order valence-electron chi connectivity index (χ3n) is 19.6. The number of aliphatic hydroxyl groups is 1. The molecule has 1 aliphatic carbocycles. The topological polar surface area (TPSA) is 159 Å². The fourth-order valence-electron chi connectivity index (χ4n) is 14.0. The van der Waals surface area contributed by atoms with Crippen LogP contribution in [0.1, 0.15) is 120 Å². The maximum atomic E-state index is 14.2. The molecule has 1 unspecified atom stereocenters. The monoisotopic (exact) mass is 1320 g/mol. The number of aliphatic hydroxyl groups excluding tert-OH is 1. The second-order valence-corrected chi connectivity index (χ2v) is 25.7. The summed E-state index contributed by atoms with van der Waals surface area (Å²) in [6.45, 7) is 4.85. The van der Waals surface area contributed by atoms with Gasteiger partial charge < -0.3 is 49.5 Å². The number of amides is 4. The second kappa shape index (κ2) is 30.9. The number of para-hydroxylation sites is 1. The molecule has 95 heavy (non-hydrogen) atoms. The van der Waals surface area contributed by atoms with Crippen molar-refractivity contribution in [2.75, 3.05) is 103 Å². The molecule has 3 aliphatic heterocycles. The first-order valence-corrected chi connectivity index (χ1v) is 32.8.